The van der Waals surface area contributed by atoms with Crippen LogP contribution >= 0.6 is 0 Å². The maximum atomic E-state index is 12.3. The first-order chi connectivity index (χ1) is 15.1. The number of piperidine rings is 1. The molecule has 1 unspecified atom stereocenters. The van der Waals surface area contributed by atoms with Gasteiger partial charge in [0.25, 0.3) is 0 Å². The van der Waals surface area contributed by atoms with Crippen LogP contribution in [-0.2, 0) is 22.6 Å². The van der Waals surface area contributed by atoms with Gasteiger partial charge < -0.3 is 16.0 Å². The van der Waals surface area contributed by atoms with Gasteiger partial charge in [-0.25, -0.2) is 4.68 Å². The summed E-state index contributed by atoms with van der Waals surface area (Å²) < 4.78 is 1.77. The van der Waals surface area contributed by atoms with Crippen LogP contribution < -0.4 is 16.0 Å². The minimum atomic E-state index is -0.224. The van der Waals surface area contributed by atoms with E-state index in [9.17, 15) is 9.59 Å². The van der Waals surface area contributed by atoms with Crippen molar-refractivity contribution in [2.24, 2.45) is 11.7 Å². The molecule has 0 radical (unpaired) electrons. The molecule has 3 aromatic rings. The van der Waals surface area contributed by atoms with Gasteiger partial charge >= 0.3 is 0 Å². The number of para-hydroxylation sites is 1. The number of benzene rings is 2. The molecule has 0 spiro atoms. The lowest BCUT2D eigenvalue weighted by molar-refractivity contribution is -0.122. The maximum absolute atomic E-state index is 12.3. The van der Waals surface area contributed by atoms with E-state index in [0.29, 0.717) is 13.1 Å². The number of nitrogens with two attached hydrogens (primary N) is 1. The SMILES string of the molecule is NC(=O)C1CCCN(c2ccc(CNC(=O)Cc3cnn(-c4ccccc4)c3)cc2)C1. The van der Waals surface area contributed by atoms with E-state index in [1.54, 1.807) is 10.9 Å². The van der Waals surface area contributed by atoms with E-state index in [1.165, 1.54) is 0 Å². The smallest absolute Gasteiger partial charge is 0.224 e. The molecule has 0 bridgehead atoms. The number of aromatic nitrogens is 2. The third-order valence-corrected chi connectivity index (χ3v) is 5.64. The van der Waals surface area contributed by atoms with Crippen LogP contribution in [0.1, 0.15) is 24.0 Å². The first-order valence-corrected chi connectivity index (χ1v) is 10.6. The zero-order valence-electron chi connectivity index (χ0n) is 17.4. The van der Waals surface area contributed by atoms with Gasteiger partial charge in [0.05, 0.1) is 24.2 Å². The Morgan fingerprint density at radius 2 is 1.81 bits per heavy atom. The normalized spacial score (nSPS) is 16.1. The van der Waals surface area contributed by atoms with Crippen LogP contribution in [0, 0.1) is 5.92 Å². The molecule has 0 saturated carbocycles. The van der Waals surface area contributed by atoms with Crippen molar-refractivity contribution < 1.29 is 9.59 Å². The van der Waals surface area contributed by atoms with E-state index < -0.39 is 0 Å². The molecule has 1 aliphatic rings. The van der Waals surface area contributed by atoms with Crippen molar-refractivity contribution in [1.29, 1.82) is 0 Å². The average molecular weight is 418 g/mol. The van der Waals surface area contributed by atoms with E-state index in [0.717, 1.165) is 41.9 Å². The standard InChI is InChI=1S/C24H27N5O2/c25-24(31)20-5-4-12-28(17-20)21-10-8-18(9-11-21)14-26-23(30)13-19-15-27-29(16-19)22-6-2-1-3-7-22/h1-3,6-11,15-16,20H,4-5,12-14,17H2,(H2,25,31)(H,26,30). The second-order valence-corrected chi connectivity index (χ2v) is 7.94. The van der Waals surface area contributed by atoms with Crippen LogP contribution in [0.3, 0.4) is 0 Å². The van der Waals surface area contributed by atoms with Crippen LogP contribution in [0.2, 0.25) is 0 Å². The summed E-state index contributed by atoms with van der Waals surface area (Å²) in [6.07, 6.45) is 5.71. The van der Waals surface area contributed by atoms with Gasteiger partial charge in [-0.3, -0.25) is 9.59 Å². The third kappa shape index (κ3) is 5.31. The van der Waals surface area contributed by atoms with E-state index in [2.05, 4.69) is 15.3 Å². The molecule has 2 amide bonds. The minimum Gasteiger partial charge on any atom is -0.371 e. The van der Waals surface area contributed by atoms with Crippen molar-refractivity contribution in [2.45, 2.75) is 25.8 Å². The fourth-order valence-corrected chi connectivity index (χ4v) is 3.89. The highest BCUT2D eigenvalue weighted by Gasteiger charge is 2.24. The zero-order chi connectivity index (χ0) is 21.6. The molecule has 7 nitrogen and oxygen atoms in total. The van der Waals surface area contributed by atoms with Gasteiger partial charge in [-0.2, -0.15) is 5.10 Å². The fourth-order valence-electron chi connectivity index (χ4n) is 3.89. The third-order valence-electron chi connectivity index (χ3n) is 5.64. The molecular weight excluding hydrogens is 390 g/mol. The summed E-state index contributed by atoms with van der Waals surface area (Å²) in [4.78, 5) is 26.0. The average Bonchev–Trinajstić information content (AvgIpc) is 3.27. The van der Waals surface area contributed by atoms with Crippen molar-refractivity contribution in [2.75, 3.05) is 18.0 Å². The Labute approximate surface area is 181 Å². The van der Waals surface area contributed by atoms with E-state index in [4.69, 9.17) is 5.73 Å². The van der Waals surface area contributed by atoms with Crippen LogP contribution in [0.25, 0.3) is 5.69 Å². The Hall–Kier alpha value is -3.61. The van der Waals surface area contributed by atoms with Crippen molar-refractivity contribution in [3.8, 4) is 5.69 Å². The fraction of sp³-hybridized carbons (Fsp3) is 0.292. The van der Waals surface area contributed by atoms with Gasteiger partial charge in [0.2, 0.25) is 11.8 Å². The number of amides is 2. The summed E-state index contributed by atoms with van der Waals surface area (Å²) >= 11 is 0. The number of carbonyl (C=O) groups is 2. The molecule has 3 N–H and O–H groups in total. The van der Waals surface area contributed by atoms with E-state index >= 15 is 0 Å². The predicted molar refractivity (Wildman–Crippen MR) is 120 cm³/mol. The molecule has 0 aliphatic carbocycles. The molecule has 1 aliphatic heterocycles. The van der Waals surface area contributed by atoms with Gasteiger partial charge in [-0.15, -0.1) is 0 Å². The van der Waals surface area contributed by atoms with Gasteiger partial charge in [-0.05, 0) is 48.2 Å². The Kier molecular flexibility index (Phi) is 6.31. The number of hydrogen-bond donors (Lipinski definition) is 2. The number of rotatable bonds is 7. The number of hydrogen-bond acceptors (Lipinski definition) is 4. The zero-order valence-corrected chi connectivity index (χ0v) is 17.4. The van der Waals surface area contributed by atoms with E-state index in [-0.39, 0.29) is 24.2 Å². The lowest BCUT2D eigenvalue weighted by Gasteiger charge is -2.33. The summed E-state index contributed by atoms with van der Waals surface area (Å²) in [6, 6.07) is 17.9. The van der Waals surface area contributed by atoms with Gasteiger partial charge in [0.1, 0.15) is 0 Å². The summed E-state index contributed by atoms with van der Waals surface area (Å²) in [5.41, 5.74) is 9.41. The van der Waals surface area contributed by atoms with Crippen molar-refractivity contribution in [3.63, 3.8) is 0 Å². The highest BCUT2D eigenvalue weighted by atomic mass is 16.2. The highest BCUT2D eigenvalue weighted by Crippen LogP contribution is 2.23. The lowest BCUT2D eigenvalue weighted by Crippen LogP contribution is -2.41. The number of nitrogens with one attached hydrogen (secondary N) is 1. The molecule has 2 heterocycles. The highest BCUT2D eigenvalue weighted by molar-refractivity contribution is 5.78. The van der Waals surface area contributed by atoms with Gasteiger partial charge in [0, 0.05) is 31.5 Å². The molecule has 1 saturated heterocycles. The van der Waals surface area contributed by atoms with Crippen LogP contribution in [-0.4, -0.2) is 34.7 Å². The van der Waals surface area contributed by atoms with Crippen molar-refractivity contribution in [1.82, 2.24) is 15.1 Å². The maximum Gasteiger partial charge on any atom is 0.224 e. The molecule has 31 heavy (non-hydrogen) atoms. The van der Waals surface area contributed by atoms with Crippen LogP contribution in [0.4, 0.5) is 5.69 Å². The molecule has 160 valence electrons. The number of nitrogens with zero attached hydrogens (tertiary/aromatic N) is 3. The Morgan fingerprint density at radius 1 is 1.03 bits per heavy atom. The molecule has 1 aromatic heterocycles. The number of primary amides is 1. The van der Waals surface area contributed by atoms with Gasteiger partial charge in [-0.1, -0.05) is 30.3 Å². The van der Waals surface area contributed by atoms with E-state index in [1.807, 2.05) is 60.8 Å². The summed E-state index contributed by atoms with van der Waals surface area (Å²) in [7, 11) is 0. The summed E-state index contributed by atoms with van der Waals surface area (Å²) in [6.45, 7) is 2.06. The monoisotopic (exact) mass is 417 g/mol. The first-order valence-electron chi connectivity index (χ1n) is 10.6. The minimum absolute atomic E-state index is 0.0444. The molecule has 4 rings (SSSR count). The Balaban J connectivity index is 1.28. The van der Waals surface area contributed by atoms with Crippen LogP contribution in [0.5, 0.6) is 0 Å². The molecular formula is C24H27N5O2. The summed E-state index contributed by atoms with van der Waals surface area (Å²) in [5.74, 6) is -0.352. The molecule has 7 heteroatoms. The Bertz CT molecular complexity index is 1030. The number of carbonyl (C=O) groups excluding carboxylic acids is 2. The van der Waals surface area contributed by atoms with Crippen molar-refractivity contribution in [3.05, 3.63) is 78.1 Å². The lowest BCUT2D eigenvalue weighted by atomic mass is 9.97. The Morgan fingerprint density at radius 3 is 2.55 bits per heavy atom. The largest absolute Gasteiger partial charge is 0.371 e. The quantitative estimate of drug-likeness (QED) is 0.617. The second-order valence-electron chi connectivity index (χ2n) is 7.94. The molecule has 1 fully saturated rings. The molecule has 2 aromatic carbocycles. The molecule has 1 atom stereocenters. The topological polar surface area (TPSA) is 93.2 Å². The summed E-state index contributed by atoms with van der Waals surface area (Å²) in [5, 5.41) is 7.30. The predicted octanol–water partition coefficient (Wildman–Crippen LogP) is 2.43. The van der Waals surface area contributed by atoms with Crippen LogP contribution in [0.15, 0.2) is 67.0 Å². The number of anilines is 1. The second kappa shape index (κ2) is 9.47. The first kappa shape index (κ1) is 20.7. The van der Waals surface area contributed by atoms with Crippen molar-refractivity contribution >= 4 is 17.5 Å². The van der Waals surface area contributed by atoms with Gasteiger partial charge in [0.15, 0.2) is 0 Å².